The van der Waals surface area contributed by atoms with Crippen LogP contribution in [0.15, 0.2) is 71.3 Å². The van der Waals surface area contributed by atoms with Crippen LogP contribution in [0, 0.1) is 11.3 Å². The first-order valence-electron chi connectivity index (χ1n) is 7.92. The number of hydrogen-bond donors (Lipinski definition) is 1. The molecular weight excluding hydrogens is 312 g/mol. The van der Waals surface area contributed by atoms with Gasteiger partial charge in [-0.25, -0.2) is 0 Å². The first kappa shape index (κ1) is 15.0. The van der Waals surface area contributed by atoms with E-state index in [0.29, 0.717) is 11.3 Å². The fraction of sp³-hybridized carbons (Fsp3) is 0.0476. The van der Waals surface area contributed by atoms with Gasteiger partial charge in [-0.3, -0.25) is 4.79 Å². The number of carbonyl (C=O) groups is 1. The van der Waals surface area contributed by atoms with Gasteiger partial charge in [0.1, 0.15) is 5.58 Å². The van der Waals surface area contributed by atoms with Gasteiger partial charge in [-0.15, -0.1) is 0 Å². The zero-order valence-electron chi connectivity index (χ0n) is 13.3. The van der Waals surface area contributed by atoms with Crippen LogP contribution in [0.4, 0.5) is 5.69 Å². The summed E-state index contributed by atoms with van der Waals surface area (Å²) < 4.78 is 5.62. The Kier molecular flexibility index (Phi) is 3.68. The van der Waals surface area contributed by atoms with Gasteiger partial charge < -0.3 is 9.73 Å². The van der Waals surface area contributed by atoms with Crippen LogP contribution in [0.2, 0.25) is 0 Å². The second-order valence-electron chi connectivity index (χ2n) is 5.84. The number of fused-ring (bicyclic) bond motifs is 3. The van der Waals surface area contributed by atoms with Gasteiger partial charge in [0.2, 0.25) is 5.91 Å². The van der Waals surface area contributed by atoms with Crippen molar-refractivity contribution in [2.45, 2.75) is 6.42 Å². The van der Waals surface area contributed by atoms with Gasteiger partial charge in [0.25, 0.3) is 0 Å². The highest BCUT2D eigenvalue weighted by atomic mass is 16.3. The zero-order valence-corrected chi connectivity index (χ0v) is 13.3. The minimum Gasteiger partial charge on any atom is -0.464 e. The van der Waals surface area contributed by atoms with E-state index in [4.69, 9.17) is 9.68 Å². The molecule has 0 radical (unpaired) electrons. The smallest absolute Gasteiger partial charge is 0.228 e. The maximum Gasteiger partial charge on any atom is 0.228 e. The van der Waals surface area contributed by atoms with Gasteiger partial charge in [0.05, 0.1) is 24.3 Å². The van der Waals surface area contributed by atoms with E-state index in [0.717, 1.165) is 27.3 Å². The molecule has 0 aliphatic carbocycles. The third-order valence-electron chi connectivity index (χ3n) is 4.17. The molecule has 4 aromatic rings. The van der Waals surface area contributed by atoms with Crippen molar-refractivity contribution in [3.8, 4) is 6.07 Å². The Labute approximate surface area is 144 Å². The van der Waals surface area contributed by atoms with E-state index in [9.17, 15) is 4.79 Å². The van der Waals surface area contributed by atoms with Crippen molar-refractivity contribution in [2.75, 3.05) is 5.32 Å². The van der Waals surface area contributed by atoms with Gasteiger partial charge in [-0.05, 0) is 35.0 Å². The van der Waals surface area contributed by atoms with Crippen molar-refractivity contribution in [1.82, 2.24) is 0 Å². The van der Waals surface area contributed by atoms with Crippen LogP contribution in [0.5, 0.6) is 0 Å². The maximum atomic E-state index is 12.4. The summed E-state index contributed by atoms with van der Waals surface area (Å²) in [6.07, 6.45) is 1.85. The molecular formula is C21H14N2O2. The molecule has 0 fully saturated rings. The Hall–Kier alpha value is -3.58. The molecule has 0 atom stereocenters. The second-order valence-corrected chi connectivity index (χ2v) is 5.84. The van der Waals surface area contributed by atoms with Crippen molar-refractivity contribution in [1.29, 1.82) is 5.26 Å². The number of furan rings is 1. The lowest BCUT2D eigenvalue weighted by molar-refractivity contribution is -0.115. The zero-order chi connectivity index (χ0) is 17.2. The number of rotatable bonds is 3. The predicted octanol–water partition coefficient (Wildman–Crippen LogP) is 4.64. The molecule has 1 aromatic heterocycles. The van der Waals surface area contributed by atoms with Crippen LogP contribution in [0.3, 0.4) is 0 Å². The van der Waals surface area contributed by atoms with E-state index in [1.165, 1.54) is 0 Å². The van der Waals surface area contributed by atoms with Crippen molar-refractivity contribution in [3.05, 3.63) is 78.1 Å². The molecule has 0 aliphatic heterocycles. The number of amides is 1. The molecule has 120 valence electrons. The molecule has 4 nitrogen and oxygen atoms in total. The van der Waals surface area contributed by atoms with Crippen molar-refractivity contribution < 1.29 is 9.21 Å². The molecule has 1 heterocycles. The topological polar surface area (TPSA) is 66.0 Å². The van der Waals surface area contributed by atoms with E-state index in [1.54, 1.807) is 30.5 Å². The molecule has 4 rings (SSSR count). The van der Waals surface area contributed by atoms with E-state index < -0.39 is 0 Å². The van der Waals surface area contributed by atoms with Gasteiger partial charge in [0, 0.05) is 16.6 Å². The summed E-state index contributed by atoms with van der Waals surface area (Å²) in [7, 11) is 0. The van der Waals surface area contributed by atoms with Gasteiger partial charge in [-0.1, -0.05) is 36.4 Å². The summed E-state index contributed by atoms with van der Waals surface area (Å²) in [4.78, 5) is 12.4. The highest BCUT2D eigenvalue weighted by Gasteiger charge is 2.13. The number of nitrogens with one attached hydrogen (secondary N) is 1. The van der Waals surface area contributed by atoms with E-state index in [-0.39, 0.29) is 12.3 Å². The molecule has 4 heteroatoms. The average Bonchev–Trinajstić information content (AvgIpc) is 3.05. The van der Waals surface area contributed by atoms with Crippen LogP contribution >= 0.6 is 0 Å². The predicted molar refractivity (Wildman–Crippen MR) is 97.2 cm³/mol. The highest BCUT2D eigenvalue weighted by molar-refractivity contribution is 6.09. The average molecular weight is 326 g/mol. The molecule has 0 spiro atoms. The highest BCUT2D eigenvalue weighted by Crippen LogP contribution is 2.30. The Morgan fingerprint density at radius 1 is 1.08 bits per heavy atom. The second kappa shape index (κ2) is 6.14. The van der Waals surface area contributed by atoms with E-state index in [1.807, 2.05) is 36.4 Å². The number of nitrogens with zero attached hydrogens (tertiary/aromatic N) is 1. The molecule has 0 unspecified atom stereocenters. The molecule has 0 saturated carbocycles. The van der Waals surface area contributed by atoms with Gasteiger partial charge in [-0.2, -0.15) is 5.26 Å². The van der Waals surface area contributed by atoms with E-state index >= 15 is 0 Å². The Morgan fingerprint density at radius 3 is 2.84 bits per heavy atom. The Balaban J connectivity index is 1.65. The fourth-order valence-electron chi connectivity index (χ4n) is 3.05. The monoisotopic (exact) mass is 326 g/mol. The van der Waals surface area contributed by atoms with Crippen molar-refractivity contribution in [3.63, 3.8) is 0 Å². The lowest BCUT2D eigenvalue weighted by Crippen LogP contribution is -2.14. The van der Waals surface area contributed by atoms with E-state index in [2.05, 4.69) is 11.4 Å². The SMILES string of the molecule is N#Cc1cccc(NC(=O)Cc2coc3ccc4ccccc4c23)c1. The first-order valence-corrected chi connectivity index (χ1v) is 7.92. The standard InChI is InChI=1S/C21H14N2O2/c22-12-14-4-3-6-17(10-14)23-20(24)11-16-13-25-19-9-8-15-5-1-2-7-18(15)21(16)19/h1-10,13H,11H2,(H,23,24). The number of anilines is 1. The lowest BCUT2D eigenvalue weighted by atomic mass is 10.0. The summed E-state index contributed by atoms with van der Waals surface area (Å²) >= 11 is 0. The lowest BCUT2D eigenvalue weighted by Gasteiger charge is -2.05. The number of benzene rings is 3. The number of carbonyl (C=O) groups excluding carboxylic acids is 1. The molecule has 0 bridgehead atoms. The Morgan fingerprint density at radius 2 is 1.96 bits per heavy atom. The number of hydrogen-bond acceptors (Lipinski definition) is 3. The quantitative estimate of drug-likeness (QED) is 0.596. The minimum absolute atomic E-state index is 0.147. The largest absolute Gasteiger partial charge is 0.464 e. The summed E-state index contributed by atoms with van der Waals surface area (Å²) in [6.45, 7) is 0. The molecule has 1 amide bonds. The summed E-state index contributed by atoms with van der Waals surface area (Å²) in [5.41, 5.74) is 2.74. The van der Waals surface area contributed by atoms with Crippen molar-refractivity contribution in [2.24, 2.45) is 0 Å². The summed E-state index contributed by atoms with van der Waals surface area (Å²) in [5.74, 6) is -0.147. The third kappa shape index (κ3) is 2.84. The molecule has 3 aromatic carbocycles. The van der Waals surface area contributed by atoms with Crippen LogP contribution in [0.1, 0.15) is 11.1 Å². The molecule has 0 aliphatic rings. The van der Waals surface area contributed by atoms with Crippen LogP contribution in [-0.4, -0.2) is 5.91 Å². The van der Waals surface area contributed by atoms with Crippen LogP contribution in [-0.2, 0) is 11.2 Å². The van der Waals surface area contributed by atoms with Crippen molar-refractivity contribution >= 4 is 33.3 Å². The summed E-state index contributed by atoms with van der Waals surface area (Å²) in [5, 5.41) is 14.9. The number of nitriles is 1. The minimum atomic E-state index is -0.147. The first-order chi connectivity index (χ1) is 12.2. The Bertz CT molecular complexity index is 1140. The summed E-state index contributed by atoms with van der Waals surface area (Å²) in [6, 6.07) is 20.9. The van der Waals surface area contributed by atoms with Gasteiger partial charge >= 0.3 is 0 Å². The third-order valence-corrected chi connectivity index (χ3v) is 4.17. The van der Waals surface area contributed by atoms with Crippen LogP contribution in [0.25, 0.3) is 21.7 Å². The maximum absolute atomic E-state index is 12.4. The molecule has 1 N–H and O–H groups in total. The fourth-order valence-corrected chi connectivity index (χ4v) is 3.05. The normalized spacial score (nSPS) is 10.7. The van der Waals surface area contributed by atoms with Crippen LogP contribution < -0.4 is 5.32 Å². The molecule has 0 saturated heterocycles. The van der Waals surface area contributed by atoms with Gasteiger partial charge in [0.15, 0.2) is 0 Å². The molecule has 25 heavy (non-hydrogen) atoms.